The number of carbonyl (C=O) groups is 1. The molecule has 0 fully saturated rings. The molecule has 1 unspecified atom stereocenters. The van der Waals surface area contributed by atoms with Crippen LogP contribution in [0.1, 0.15) is 28.2 Å². The molecular weight excluding hydrogens is 222 g/mol. The standard InChI is InChI=1S/C12H19NO2S/c1-8-6-10(9(2)16-8)7-11(13)4-5-12(14)15-3/h6,11H,4-5,7,13H2,1-3H3. The second kappa shape index (κ2) is 6.01. The SMILES string of the molecule is COC(=O)CCC(N)Cc1cc(C)sc1C. The number of carbonyl (C=O) groups excluding carboxylic acids is 1. The zero-order valence-corrected chi connectivity index (χ0v) is 10.9. The Morgan fingerprint density at radius 3 is 2.75 bits per heavy atom. The molecule has 2 N–H and O–H groups in total. The molecule has 0 aliphatic carbocycles. The number of esters is 1. The highest BCUT2D eigenvalue weighted by Crippen LogP contribution is 2.22. The molecule has 3 nitrogen and oxygen atoms in total. The van der Waals surface area contributed by atoms with Crippen LogP contribution >= 0.6 is 11.3 Å². The van der Waals surface area contributed by atoms with E-state index >= 15 is 0 Å². The molecule has 0 saturated heterocycles. The molecule has 16 heavy (non-hydrogen) atoms. The topological polar surface area (TPSA) is 52.3 Å². The Morgan fingerprint density at radius 2 is 2.25 bits per heavy atom. The van der Waals surface area contributed by atoms with E-state index in [9.17, 15) is 4.79 Å². The average molecular weight is 241 g/mol. The van der Waals surface area contributed by atoms with Crippen LogP contribution in [-0.4, -0.2) is 19.1 Å². The van der Waals surface area contributed by atoms with Gasteiger partial charge in [0.05, 0.1) is 7.11 Å². The molecule has 0 bridgehead atoms. The normalized spacial score (nSPS) is 12.5. The highest BCUT2D eigenvalue weighted by molar-refractivity contribution is 7.12. The highest BCUT2D eigenvalue weighted by atomic mass is 32.1. The van der Waals surface area contributed by atoms with Crippen molar-refractivity contribution >= 4 is 17.3 Å². The number of nitrogens with two attached hydrogens (primary N) is 1. The van der Waals surface area contributed by atoms with E-state index in [1.54, 1.807) is 11.3 Å². The third-order valence-corrected chi connectivity index (χ3v) is 3.58. The lowest BCUT2D eigenvalue weighted by Gasteiger charge is -2.10. The van der Waals surface area contributed by atoms with Crippen molar-refractivity contribution in [2.45, 2.75) is 39.2 Å². The smallest absolute Gasteiger partial charge is 0.305 e. The van der Waals surface area contributed by atoms with E-state index in [1.165, 1.54) is 22.4 Å². The summed E-state index contributed by atoms with van der Waals surface area (Å²) in [6.45, 7) is 4.21. The number of rotatable bonds is 5. The molecule has 1 atom stereocenters. The van der Waals surface area contributed by atoms with Gasteiger partial charge in [0.25, 0.3) is 0 Å². The van der Waals surface area contributed by atoms with Crippen molar-refractivity contribution < 1.29 is 9.53 Å². The molecule has 0 saturated carbocycles. The van der Waals surface area contributed by atoms with Gasteiger partial charge in [0.1, 0.15) is 0 Å². The lowest BCUT2D eigenvalue weighted by Crippen LogP contribution is -2.24. The van der Waals surface area contributed by atoms with Crippen molar-refractivity contribution in [1.82, 2.24) is 0 Å². The van der Waals surface area contributed by atoms with Crippen LogP contribution in [0.25, 0.3) is 0 Å². The van der Waals surface area contributed by atoms with Crippen LogP contribution in [0.15, 0.2) is 6.07 Å². The maximum absolute atomic E-state index is 11.0. The fourth-order valence-electron chi connectivity index (χ4n) is 1.68. The van der Waals surface area contributed by atoms with Gasteiger partial charge >= 0.3 is 5.97 Å². The molecule has 0 spiro atoms. The van der Waals surface area contributed by atoms with Crippen molar-refractivity contribution in [2.75, 3.05) is 7.11 Å². The first kappa shape index (κ1) is 13.2. The van der Waals surface area contributed by atoms with Gasteiger partial charge in [-0.2, -0.15) is 0 Å². The fourth-order valence-corrected chi connectivity index (χ4v) is 2.63. The van der Waals surface area contributed by atoms with Crippen molar-refractivity contribution in [1.29, 1.82) is 0 Å². The Kier molecular flexibility index (Phi) is 4.96. The summed E-state index contributed by atoms with van der Waals surface area (Å²) in [6, 6.07) is 2.21. The molecule has 0 radical (unpaired) electrons. The van der Waals surface area contributed by atoms with Crippen LogP contribution in [0.2, 0.25) is 0 Å². The number of thiophene rings is 1. The van der Waals surface area contributed by atoms with Gasteiger partial charge in [0.2, 0.25) is 0 Å². The second-order valence-corrected chi connectivity index (χ2v) is 5.48. The van der Waals surface area contributed by atoms with Crippen molar-refractivity contribution in [3.05, 3.63) is 21.4 Å². The zero-order chi connectivity index (χ0) is 12.1. The molecule has 1 aromatic heterocycles. The number of aryl methyl sites for hydroxylation is 2. The lowest BCUT2D eigenvalue weighted by molar-refractivity contribution is -0.140. The fraction of sp³-hybridized carbons (Fsp3) is 0.583. The minimum absolute atomic E-state index is 0.0341. The molecule has 4 heteroatoms. The van der Waals surface area contributed by atoms with Gasteiger partial charge in [0.15, 0.2) is 0 Å². The van der Waals surface area contributed by atoms with E-state index < -0.39 is 0 Å². The molecule has 1 aromatic rings. The molecule has 0 aliphatic heterocycles. The van der Waals surface area contributed by atoms with Gasteiger partial charge < -0.3 is 10.5 Å². The largest absolute Gasteiger partial charge is 0.469 e. The van der Waals surface area contributed by atoms with Crippen LogP contribution in [-0.2, 0) is 16.0 Å². The Hall–Kier alpha value is -0.870. The maximum Gasteiger partial charge on any atom is 0.305 e. The molecule has 90 valence electrons. The molecule has 1 heterocycles. The number of hydrogen-bond acceptors (Lipinski definition) is 4. The van der Waals surface area contributed by atoms with Gasteiger partial charge in [-0.05, 0) is 38.3 Å². The van der Waals surface area contributed by atoms with E-state index in [0.29, 0.717) is 12.8 Å². The first-order valence-electron chi connectivity index (χ1n) is 5.41. The highest BCUT2D eigenvalue weighted by Gasteiger charge is 2.10. The van der Waals surface area contributed by atoms with Crippen LogP contribution in [0.5, 0.6) is 0 Å². The summed E-state index contributed by atoms with van der Waals surface area (Å²) in [4.78, 5) is 13.6. The first-order chi connectivity index (χ1) is 7.52. The van der Waals surface area contributed by atoms with Crippen LogP contribution in [0.4, 0.5) is 0 Å². The first-order valence-corrected chi connectivity index (χ1v) is 6.23. The molecule has 0 aliphatic rings. The summed E-state index contributed by atoms with van der Waals surface area (Å²) >= 11 is 1.79. The van der Waals surface area contributed by atoms with Gasteiger partial charge in [0, 0.05) is 22.2 Å². The third-order valence-electron chi connectivity index (χ3n) is 2.57. The summed E-state index contributed by atoms with van der Waals surface area (Å²) in [5.41, 5.74) is 7.29. The van der Waals surface area contributed by atoms with Crippen LogP contribution in [0.3, 0.4) is 0 Å². The van der Waals surface area contributed by atoms with Crippen molar-refractivity contribution in [3.8, 4) is 0 Å². The van der Waals surface area contributed by atoms with Gasteiger partial charge in [-0.1, -0.05) is 0 Å². The van der Waals surface area contributed by atoms with Gasteiger partial charge in [-0.15, -0.1) is 11.3 Å². The Bertz CT molecular complexity index is 360. The summed E-state index contributed by atoms with van der Waals surface area (Å²) in [6.07, 6.45) is 1.92. The molecule has 1 rings (SSSR count). The second-order valence-electron chi connectivity index (χ2n) is 4.02. The zero-order valence-electron chi connectivity index (χ0n) is 10.1. The minimum atomic E-state index is -0.186. The number of ether oxygens (including phenoxy) is 1. The minimum Gasteiger partial charge on any atom is -0.469 e. The van der Waals surface area contributed by atoms with E-state index in [2.05, 4.69) is 24.7 Å². The van der Waals surface area contributed by atoms with E-state index in [0.717, 1.165) is 6.42 Å². The maximum atomic E-state index is 11.0. The lowest BCUT2D eigenvalue weighted by atomic mass is 10.0. The monoisotopic (exact) mass is 241 g/mol. The number of methoxy groups -OCH3 is 1. The van der Waals surface area contributed by atoms with Crippen LogP contribution < -0.4 is 5.73 Å². The van der Waals surface area contributed by atoms with E-state index in [1.807, 2.05) is 0 Å². The predicted molar refractivity (Wildman–Crippen MR) is 66.7 cm³/mol. The molecule has 0 aromatic carbocycles. The Morgan fingerprint density at radius 1 is 1.56 bits per heavy atom. The number of hydrogen-bond donors (Lipinski definition) is 1. The van der Waals surface area contributed by atoms with Crippen molar-refractivity contribution in [2.24, 2.45) is 5.73 Å². The Balaban J connectivity index is 2.42. The van der Waals surface area contributed by atoms with Gasteiger partial charge in [-0.3, -0.25) is 4.79 Å². The van der Waals surface area contributed by atoms with Gasteiger partial charge in [-0.25, -0.2) is 0 Å². The quantitative estimate of drug-likeness (QED) is 0.804. The summed E-state index contributed by atoms with van der Waals surface area (Å²) in [5, 5.41) is 0. The van der Waals surface area contributed by atoms with E-state index in [4.69, 9.17) is 5.73 Å². The predicted octanol–water partition coefficient (Wildman–Crippen LogP) is 2.19. The van der Waals surface area contributed by atoms with Crippen LogP contribution in [0, 0.1) is 13.8 Å². The average Bonchev–Trinajstić information content (AvgIpc) is 2.54. The third kappa shape index (κ3) is 3.94. The van der Waals surface area contributed by atoms with E-state index in [-0.39, 0.29) is 12.0 Å². The van der Waals surface area contributed by atoms with Crippen molar-refractivity contribution in [3.63, 3.8) is 0 Å². The summed E-state index contributed by atoms with van der Waals surface area (Å²) in [7, 11) is 1.40. The molecule has 0 amide bonds. The summed E-state index contributed by atoms with van der Waals surface area (Å²) < 4.78 is 4.59. The summed E-state index contributed by atoms with van der Waals surface area (Å²) in [5.74, 6) is -0.186. The Labute approximate surface area is 101 Å². The molecular formula is C12H19NO2S.